The van der Waals surface area contributed by atoms with Crippen molar-refractivity contribution in [3.05, 3.63) is 59.0 Å². The van der Waals surface area contributed by atoms with E-state index < -0.39 is 0 Å². The molecular weight excluding hydrogens is 424 g/mol. The molecule has 2 aliphatic rings. The summed E-state index contributed by atoms with van der Waals surface area (Å²) in [5.74, 6) is 1.51. The van der Waals surface area contributed by atoms with Crippen molar-refractivity contribution in [1.29, 1.82) is 0 Å². The summed E-state index contributed by atoms with van der Waals surface area (Å²) in [5.41, 5.74) is 3.30. The normalized spacial score (nSPS) is 17.9. The fourth-order valence-corrected chi connectivity index (χ4v) is 5.70. The van der Waals surface area contributed by atoms with E-state index in [4.69, 9.17) is 5.11 Å². The summed E-state index contributed by atoms with van der Waals surface area (Å²) >= 11 is 0. The maximum atomic E-state index is 12.8. The van der Waals surface area contributed by atoms with Gasteiger partial charge >= 0.3 is 0 Å². The average molecular weight is 461 g/mol. The van der Waals surface area contributed by atoms with Crippen LogP contribution in [0.2, 0.25) is 0 Å². The van der Waals surface area contributed by atoms with Crippen LogP contribution in [0.25, 0.3) is 10.9 Å². The molecule has 1 aromatic carbocycles. The van der Waals surface area contributed by atoms with E-state index in [1.807, 2.05) is 22.9 Å². The summed E-state index contributed by atoms with van der Waals surface area (Å²) in [4.78, 5) is 19.8. The Hall–Kier alpha value is -2.86. The SMILES string of the molecule is O=c1ccc2cnc(Nc3ccc(N4CCC(CCCO)CC4)cc3)cc2n1C1CCCCC1. The molecule has 3 aromatic rings. The lowest BCUT2D eigenvalue weighted by Crippen LogP contribution is -2.33. The maximum Gasteiger partial charge on any atom is 0.251 e. The van der Waals surface area contributed by atoms with Gasteiger partial charge in [0.2, 0.25) is 0 Å². The van der Waals surface area contributed by atoms with Crippen LogP contribution in [0.1, 0.15) is 63.8 Å². The molecule has 1 aliphatic carbocycles. The van der Waals surface area contributed by atoms with E-state index in [9.17, 15) is 4.79 Å². The number of aliphatic hydroxyl groups excluding tert-OH is 1. The largest absolute Gasteiger partial charge is 0.396 e. The number of nitrogens with one attached hydrogen (secondary N) is 1. The van der Waals surface area contributed by atoms with Gasteiger partial charge in [0.15, 0.2) is 0 Å². The van der Waals surface area contributed by atoms with Gasteiger partial charge in [-0.3, -0.25) is 4.79 Å². The third kappa shape index (κ3) is 5.12. The first kappa shape index (κ1) is 22.9. The first-order valence-corrected chi connectivity index (χ1v) is 13.0. The number of rotatable bonds is 7. The maximum absolute atomic E-state index is 12.8. The number of nitrogens with zero attached hydrogens (tertiary/aromatic N) is 3. The van der Waals surface area contributed by atoms with Crippen molar-refractivity contribution in [2.75, 3.05) is 29.9 Å². The van der Waals surface area contributed by atoms with E-state index in [1.165, 1.54) is 37.8 Å². The van der Waals surface area contributed by atoms with Gasteiger partial charge in [0.1, 0.15) is 5.82 Å². The van der Waals surface area contributed by atoms with Gasteiger partial charge in [-0.2, -0.15) is 0 Å². The number of piperidine rings is 1. The molecule has 1 saturated heterocycles. The smallest absolute Gasteiger partial charge is 0.251 e. The standard InChI is InChI=1S/C28H36N4O2/c33-18-4-5-21-14-16-31(17-15-21)24-11-9-23(10-12-24)30-27-19-26-22(20-29-27)8-13-28(34)32(26)25-6-2-1-3-7-25/h8-13,19-21,25,33H,1-7,14-18H2,(H,29,30). The van der Waals surface area contributed by atoms with Crippen LogP contribution in [0.3, 0.4) is 0 Å². The Balaban J connectivity index is 1.29. The molecule has 6 heteroatoms. The van der Waals surface area contributed by atoms with Crippen molar-refractivity contribution in [3.63, 3.8) is 0 Å². The molecule has 2 fully saturated rings. The minimum Gasteiger partial charge on any atom is -0.396 e. The van der Waals surface area contributed by atoms with Gasteiger partial charge in [0, 0.05) is 60.8 Å². The zero-order valence-electron chi connectivity index (χ0n) is 20.0. The Morgan fingerprint density at radius 3 is 2.47 bits per heavy atom. The highest BCUT2D eigenvalue weighted by molar-refractivity contribution is 5.81. The average Bonchev–Trinajstić information content (AvgIpc) is 2.89. The molecule has 0 bridgehead atoms. The number of aromatic nitrogens is 2. The number of aliphatic hydroxyl groups is 1. The van der Waals surface area contributed by atoms with Gasteiger partial charge in [0.25, 0.3) is 5.56 Å². The highest BCUT2D eigenvalue weighted by atomic mass is 16.2. The first-order chi connectivity index (χ1) is 16.7. The molecule has 34 heavy (non-hydrogen) atoms. The molecule has 0 unspecified atom stereocenters. The highest BCUT2D eigenvalue weighted by Crippen LogP contribution is 2.31. The number of hydrogen-bond acceptors (Lipinski definition) is 5. The molecule has 2 aromatic heterocycles. The monoisotopic (exact) mass is 460 g/mol. The lowest BCUT2D eigenvalue weighted by atomic mass is 9.92. The fraction of sp³-hybridized carbons (Fsp3) is 0.500. The van der Waals surface area contributed by atoms with Crippen LogP contribution in [-0.2, 0) is 0 Å². The molecule has 0 atom stereocenters. The van der Waals surface area contributed by atoms with Gasteiger partial charge in [-0.15, -0.1) is 0 Å². The molecule has 5 rings (SSSR count). The van der Waals surface area contributed by atoms with Gasteiger partial charge in [0.05, 0.1) is 5.52 Å². The van der Waals surface area contributed by atoms with Crippen molar-refractivity contribution in [3.8, 4) is 0 Å². The summed E-state index contributed by atoms with van der Waals surface area (Å²) in [6.07, 6.45) is 12.1. The van der Waals surface area contributed by atoms with E-state index in [2.05, 4.69) is 39.5 Å². The van der Waals surface area contributed by atoms with Crippen molar-refractivity contribution in [2.24, 2.45) is 5.92 Å². The number of benzene rings is 1. The quantitative estimate of drug-likeness (QED) is 0.478. The van der Waals surface area contributed by atoms with Crippen LogP contribution in [0, 0.1) is 5.92 Å². The Kier molecular flexibility index (Phi) is 7.14. The molecule has 0 spiro atoms. The molecule has 3 heterocycles. The van der Waals surface area contributed by atoms with E-state index in [0.717, 1.165) is 67.1 Å². The molecule has 1 saturated carbocycles. The molecule has 0 radical (unpaired) electrons. The Morgan fingerprint density at radius 2 is 1.74 bits per heavy atom. The number of anilines is 3. The van der Waals surface area contributed by atoms with Crippen LogP contribution < -0.4 is 15.8 Å². The number of fused-ring (bicyclic) bond motifs is 1. The topological polar surface area (TPSA) is 70.4 Å². The summed E-state index contributed by atoms with van der Waals surface area (Å²) < 4.78 is 1.99. The summed E-state index contributed by atoms with van der Waals surface area (Å²) in [5, 5.41) is 13.5. The Labute approximate surface area is 201 Å². The van der Waals surface area contributed by atoms with E-state index in [-0.39, 0.29) is 11.6 Å². The summed E-state index contributed by atoms with van der Waals surface area (Å²) in [7, 11) is 0. The molecule has 2 N–H and O–H groups in total. The number of hydrogen-bond donors (Lipinski definition) is 2. The van der Waals surface area contributed by atoms with Crippen LogP contribution in [0.4, 0.5) is 17.2 Å². The molecule has 1 aliphatic heterocycles. The second-order valence-corrected chi connectivity index (χ2v) is 9.93. The lowest BCUT2D eigenvalue weighted by Gasteiger charge is -2.33. The third-order valence-electron chi connectivity index (χ3n) is 7.64. The van der Waals surface area contributed by atoms with Crippen LogP contribution in [-0.4, -0.2) is 34.4 Å². The lowest BCUT2D eigenvalue weighted by molar-refractivity contribution is 0.261. The minimum absolute atomic E-state index is 0.0843. The molecule has 6 nitrogen and oxygen atoms in total. The second-order valence-electron chi connectivity index (χ2n) is 9.93. The zero-order valence-corrected chi connectivity index (χ0v) is 20.0. The first-order valence-electron chi connectivity index (χ1n) is 13.0. The van der Waals surface area contributed by atoms with Crippen LogP contribution >= 0.6 is 0 Å². The van der Waals surface area contributed by atoms with Gasteiger partial charge in [-0.05, 0) is 74.8 Å². The van der Waals surface area contributed by atoms with Crippen molar-refractivity contribution in [1.82, 2.24) is 9.55 Å². The van der Waals surface area contributed by atoms with E-state index >= 15 is 0 Å². The van der Waals surface area contributed by atoms with Crippen LogP contribution in [0.15, 0.2) is 53.5 Å². The van der Waals surface area contributed by atoms with Gasteiger partial charge < -0.3 is 19.9 Å². The van der Waals surface area contributed by atoms with Crippen molar-refractivity contribution >= 4 is 28.1 Å². The molecule has 0 amide bonds. The Bertz CT molecular complexity index is 1140. The third-order valence-corrected chi connectivity index (χ3v) is 7.64. The van der Waals surface area contributed by atoms with Crippen molar-refractivity contribution < 1.29 is 5.11 Å². The molecule has 180 valence electrons. The van der Waals surface area contributed by atoms with E-state index in [0.29, 0.717) is 6.61 Å². The highest BCUT2D eigenvalue weighted by Gasteiger charge is 2.20. The van der Waals surface area contributed by atoms with E-state index in [1.54, 1.807) is 6.07 Å². The Morgan fingerprint density at radius 1 is 0.971 bits per heavy atom. The number of pyridine rings is 2. The predicted molar refractivity (Wildman–Crippen MR) is 139 cm³/mol. The van der Waals surface area contributed by atoms with Gasteiger partial charge in [-0.25, -0.2) is 4.98 Å². The minimum atomic E-state index is 0.0843. The molecular formula is C28H36N4O2. The fourth-order valence-electron chi connectivity index (χ4n) is 5.70. The van der Waals surface area contributed by atoms with Crippen LogP contribution in [0.5, 0.6) is 0 Å². The van der Waals surface area contributed by atoms with Crippen molar-refractivity contribution in [2.45, 2.75) is 63.8 Å². The second kappa shape index (κ2) is 10.6. The van der Waals surface area contributed by atoms with Gasteiger partial charge in [-0.1, -0.05) is 19.3 Å². The summed E-state index contributed by atoms with van der Waals surface area (Å²) in [6.45, 7) is 2.46. The summed E-state index contributed by atoms with van der Waals surface area (Å²) in [6, 6.07) is 14.4. The zero-order chi connectivity index (χ0) is 23.3. The predicted octanol–water partition coefficient (Wildman–Crippen LogP) is 5.63.